The van der Waals surface area contributed by atoms with Gasteiger partial charge in [0.1, 0.15) is 17.8 Å². The van der Waals surface area contributed by atoms with E-state index in [1.807, 2.05) is 0 Å². The molecule has 4 unspecified atom stereocenters. The number of phenolic OH excluding ortho intramolecular Hbond substituents is 1. The molecule has 0 aliphatic rings. The van der Waals surface area contributed by atoms with Gasteiger partial charge in [-0.15, -0.1) is 0 Å². The number of carboxylic acid groups (broad SMARTS) is 1. The molecule has 12 nitrogen and oxygen atoms in total. The smallest absolute Gasteiger partial charge is 0.326 e. The van der Waals surface area contributed by atoms with E-state index < -0.39 is 60.7 Å². The molecule has 1 aromatic rings. The topological polar surface area (TPSA) is 214 Å². The summed E-state index contributed by atoms with van der Waals surface area (Å²) in [5, 5.41) is 25.5. The Morgan fingerprint density at radius 2 is 1.64 bits per heavy atom. The summed E-state index contributed by atoms with van der Waals surface area (Å²) in [5.74, 6) is -4.68. The van der Waals surface area contributed by atoms with Crippen LogP contribution in [-0.4, -0.2) is 64.5 Å². The van der Waals surface area contributed by atoms with Gasteiger partial charge in [0, 0.05) is 0 Å². The summed E-state index contributed by atoms with van der Waals surface area (Å²) in [6, 6.07) is 2.47. The lowest BCUT2D eigenvalue weighted by Crippen LogP contribution is -2.55. The van der Waals surface area contributed by atoms with Crippen molar-refractivity contribution in [1.29, 1.82) is 0 Å². The van der Waals surface area contributed by atoms with Crippen molar-refractivity contribution in [3.8, 4) is 5.75 Å². The Morgan fingerprint density at radius 1 is 1.03 bits per heavy atom. The second-order valence-electron chi connectivity index (χ2n) is 7.70. The minimum atomic E-state index is -1.38. The molecule has 0 fully saturated rings. The van der Waals surface area contributed by atoms with Gasteiger partial charge in [0.05, 0.1) is 19.0 Å². The van der Waals surface area contributed by atoms with Crippen LogP contribution in [0.4, 0.5) is 0 Å². The van der Waals surface area contributed by atoms with Crippen LogP contribution in [0.3, 0.4) is 0 Å². The first-order valence-corrected chi connectivity index (χ1v) is 10.4. The quantitative estimate of drug-likeness (QED) is 0.179. The lowest BCUT2D eigenvalue weighted by Gasteiger charge is -2.21. The number of nitrogens with two attached hydrogens (primary N) is 2. The number of carboxylic acids is 1. The number of phenols is 1. The molecule has 0 aliphatic carbocycles. The zero-order chi connectivity index (χ0) is 25.1. The number of carbonyl (C=O) groups is 5. The molecule has 0 heterocycles. The van der Waals surface area contributed by atoms with Crippen molar-refractivity contribution >= 4 is 29.6 Å². The second-order valence-corrected chi connectivity index (χ2v) is 7.70. The fraction of sp³-hybridized carbons (Fsp3) is 0.476. The van der Waals surface area contributed by atoms with E-state index in [2.05, 4.69) is 16.0 Å². The number of carbonyl (C=O) groups excluding carboxylic acids is 4. The second kappa shape index (κ2) is 13.0. The largest absolute Gasteiger partial charge is 0.508 e. The number of hydrogen-bond acceptors (Lipinski definition) is 7. The molecular weight excluding hydrogens is 434 g/mol. The predicted octanol–water partition coefficient (Wildman–Crippen LogP) is -1.65. The van der Waals surface area contributed by atoms with E-state index >= 15 is 0 Å². The van der Waals surface area contributed by atoms with Crippen LogP contribution in [-0.2, 0) is 30.4 Å². The van der Waals surface area contributed by atoms with Crippen LogP contribution in [0.15, 0.2) is 24.3 Å². The molecule has 182 valence electrons. The van der Waals surface area contributed by atoms with Crippen LogP contribution in [0, 0.1) is 5.92 Å². The highest BCUT2D eigenvalue weighted by molar-refractivity contribution is 5.95. The third-order valence-electron chi connectivity index (χ3n) is 4.99. The Bertz CT molecular complexity index is 859. The van der Waals surface area contributed by atoms with Crippen LogP contribution >= 0.6 is 0 Å². The number of nitrogens with one attached hydrogen (secondary N) is 3. The summed E-state index contributed by atoms with van der Waals surface area (Å²) in [5.41, 5.74) is 11.7. The van der Waals surface area contributed by atoms with Gasteiger partial charge >= 0.3 is 5.97 Å². The van der Waals surface area contributed by atoms with E-state index in [1.165, 1.54) is 12.1 Å². The van der Waals surface area contributed by atoms with Gasteiger partial charge in [-0.3, -0.25) is 19.2 Å². The molecule has 0 saturated heterocycles. The summed E-state index contributed by atoms with van der Waals surface area (Å²) in [7, 11) is 0. The highest BCUT2D eigenvalue weighted by Crippen LogP contribution is 2.11. The molecule has 0 bridgehead atoms. The summed E-state index contributed by atoms with van der Waals surface area (Å²) in [4.78, 5) is 59.6. The summed E-state index contributed by atoms with van der Waals surface area (Å²) in [6.07, 6.45) is 0.0854. The van der Waals surface area contributed by atoms with Crippen molar-refractivity contribution in [1.82, 2.24) is 16.0 Å². The maximum Gasteiger partial charge on any atom is 0.326 e. The number of primary amides is 1. The van der Waals surface area contributed by atoms with Gasteiger partial charge < -0.3 is 37.6 Å². The summed E-state index contributed by atoms with van der Waals surface area (Å²) < 4.78 is 0. The van der Waals surface area contributed by atoms with Gasteiger partial charge in [0.15, 0.2) is 0 Å². The molecule has 0 spiro atoms. The van der Waals surface area contributed by atoms with E-state index in [1.54, 1.807) is 26.0 Å². The lowest BCUT2D eigenvalue weighted by molar-refractivity contribution is -0.143. The normalized spacial score (nSPS) is 14.3. The average molecular weight is 466 g/mol. The number of rotatable bonds is 13. The van der Waals surface area contributed by atoms with Crippen molar-refractivity contribution in [2.24, 2.45) is 17.4 Å². The molecule has 1 aromatic carbocycles. The van der Waals surface area contributed by atoms with Crippen molar-refractivity contribution in [3.05, 3.63) is 29.8 Å². The van der Waals surface area contributed by atoms with Crippen LogP contribution < -0.4 is 27.4 Å². The average Bonchev–Trinajstić information content (AvgIpc) is 2.75. The molecule has 33 heavy (non-hydrogen) atoms. The van der Waals surface area contributed by atoms with Crippen molar-refractivity contribution in [3.63, 3.8) is 0 Å². The van der Waals surface area contributed by atoms with Crippen molar-refractivity contribution in [2.75, 3.05) is 6.54 Å². The third kappa shape index (κ3) is 9.56. The highest BCUT2D eigenvalue weighted by Gasteiger charge is 2.28. The van der Waals surface area contributed by atoms with E-state index in [0.29, 0.717) is 12.0 Å². The van der Waals surface area contributed by atoms with Gasteiger partial charge in [-0.05, 0) is 30.0 Å². The molecule has 12 heteroatoms. The summed E-state index contributed by atoms with van der Waals surface area (Å²) in [6.45, 7) is 2.87. The van der Waals surface area contributed by atoms with E-state index in [-0.39, 0.29) is 18.1 Å². The number of amides is 4. The number of aromatic hydroxyl groups is 1. The van der Waals surface area contributed by atoms with Crippen molar-refractivity contribution in [2.45, 2.75) is 51.2 Å². The van der Waals surface area contributed by atoms with Crippen molar-refractivity contribution < 1.29 is 34.2 Å². The minimum Gasteiger partial charge on any atom is -0.508 e. The van der Waals surface area contributed by atoms with Gasteiger partial charge in [0.25, 0.3) is 0 Å². The lowest BCUT2D eigenvalue weighted by atomic mass is 9.99. The summed E-state index contributed by atoms with van der Waals surface area (Å²) >= 11 is 0. The van der Waals surface area contributed by atoms with Gasteiger partial charge in [-0.2, -0.15) is 0 Å². The highest BCUT2D eigenvalue weighted by atomic mass is 16.4. The van der Waals surface area contributed by atoms with Gasteiger partial charge in [0.2, 0.25) is 23.6 Å². The van der Waals surface area contributed by atoms with Crippen LogP contribution in [0.1, 0.15) is 32.3 Å². The molecule has 0 radical (unpaired) electrons. The standard InChI is InChI=1S/C21H31N5O7/c1-3-11(2)18(21(32)33)26-17(29)10-24-20(31)15(9-16(23)28)25-19(30)14(22)8-12-4-6-13(27)7-5-12/h4-7,11,14-15,18,27H,3,8-10,22H2,1-2H3,(H2,23,28)(H,24,31)(H,25,30)(H,26,29)(H,32,33). The molecule has 4 atom stereocenters. The minimum absolute atomic E-state index is 0.0535. The zero-order valence-electron chi connectivity index (χ0n) is 18.5. The fourth-order valence-corrected chi connectivity index (χ4v) is 2.87. The Hall–Kier alpha value is -3.67. The number of aliphatic carboxylic acids is 1. The first kappa shape index (κ1) is 27.4. The van der Waals surface area contributed by atoms with Crippen LogP contribution in [0.2, 0.25) is 0 Å². The van der Waals surface area contributed by atoms with Gasteiger partial charge in [-0.25, -0.2) is 4.79 Å². The molecule has 0 aromatic heterocycles. The first-order chi connectivity index (χ1) is 15.4. The number of benzene rings is 1. The van der Waals surface area contributed by atoms with Gasteiger partial charge in [-0.1, -0.05) is 32.4 Å². The molecule has 4 amide bonds. The SMILES string of the molecule is CCC(C)C(NC(=O)CNC(=O)C(CC(N)=O)NC(=O)C(N)Cc1ccc(O)cc1)C(=O)O. The van der Waals surface area contributed by atoms with Crippen LogP contribution in [0.5, 0.6) is 5.75 Å². The number of hydrogen-bond donors (Lipinski definition) is 7. The monoisotopic (exact) mass is 465 g/mol. The molecular formula is C21H31N5O7. The molecule has 1 rings (SSSR count). The van der Waals surface area contributed by atoms with E-state index in [9.17, 15) is 34.2 Å². The third-order valence-corrected chi connectivity index (χ3v) is 4.99. The maximum atomic E-state index is 12.4. The predicted molar refractivity (Wildman–Crippen MR) is 118 cm³/mol. The molecule has 0 saturated carbocycles. The Labute approximate surface area is 191 Å². The molecule has 0 aliphatic heterocycles. The fourth-order valence-electron chi connectivity index (χ4n) is 2.87. The Kier molecular flexibility index (Phi) is 10.8. The maximum absolute atomic E-state index is 12.4. The van der Waals surface area contributed by atoms with E-state index in [4.69, 9.17) is 11.5 Å². The van der Waals surface area contributed by atoms with Crippen LogP contribution in [0.25, 0.3) is 0 Å². The first-order valence-electron chi connectivity index (χ1n) is 10.4. The zero-order valence-corrected chi connectivity index (χ0v) is 18.5. The Balaban J connectivity index is 2.70. The molecule has 9 N–H and O–H groups in total. The Morgan fingerprint density at radius 3 is 2.15 bits per heavy atom. The van der Waals surface area contributed by atoms with E-state index in [0.717, 1.165) is 0 Å².